The summed E-state index contributed by atoms with van der Waals surface area (Å²) in [4.78, 5) is 14.1. The molecule has 2 heterocycles. The van der Waals surface area contributed by atoms with Crippen LogP contribution >= 0.6 is 27.7 Å². The van der Waals surface area contributed by atoms with Crippen molar-refractivity contribution >= 4 is 33.5 Å². The van der Waals surface area contributed by atoms with Gasteiger partial charge in [-0.15, -0.1) is 0 Å². The third-order valence-electron chi connectivity index (χ3n) is 3.37. The first-order chi connectivity index (χ1) is 11.7. The molecule has 0 bridgehead atoms. The molecule has 0 spiro atoms. The third-order valence-corrected chi connectivity index (χ3v) is 4.63. The number of hydrogen-bond acceptors (Lipinski definition) is 7. The minimum atomic E-state index is 0.368. The van der Waals surface area contributed by atoms with Gasteiger partial charge >= 0.3 is 0 Å². The number of methoxy groups -OCH3 is 2. The molecule has 2 aliphatic rings. The zero-order chi connectivity index (χ0) is 17.1. The van der Waals surface area contributed by atoms with Crippen molar-refractivity contribution in [2.45, 2.75) is 16.6 Å². The lowest BCUT2D eigenvalue weighted by molar-refractivity contribution is 0.394. The molecule has 126 valence electrons. The second-order valence-electron chi connectivity index (χ2n) is 4.81. The quantitative estimate of drug-likeness (QED) is 0.625. The first kappa shape index (κ1) is 16.8. The maximum absolute atomic E-state index is 5.94. The van der Waals surface area contributed by atoms with Crippen molar-refractivity contribution in [3.8, 4) is 23.0 Å². The van der Waals surface area contributed by atoms with Gasteiger partial charge in [-0.2, -0.15) is 0 Å². The van der Waals surface area contributed by atoms with Gasteiger partial charge in [-0.3, -0.25) is 0 Å². The largest absolute Gasteiger partial charge is 0.497 e. The summed E-state index contributed by atoms with van der Waals surface area (Å²) in [6, 6.07) is 5.58. The highest BCUT2D eigenvalue weighted by Crippen LogP contribution is 2.38. The average molecular weight is 410 g/mol. The van der Waals surface area contributed by atoms with Crippen LogP contribution in [0.1, 0.15) is 0 Å². The van der Waals surface area contributed by atoms with E-state index in [4.69, 9.17) is 15.2 Å². The highest BCUT2D eigenvalue weighted by atomic mass is 79.9. The van der Waals surface area contributed by atoms with Gasteiger partial charge in [0.2, 0.25) is 0 Å². The highest BCUT2D eigenvalue weighted by molar-refractivity contribution is 9.09. The number of alkyl halides is 1. The SMILES string of the molecule is COc1ccc(OC)c(Sc2nc3c(N)ncn(CCBr)c-3n2)c1. The van der Waals surface area contributed by atoms with Crippen molar-refractivity contribution in [2.75, 3.05) is 25.3 Å². The Bertz CT molecular complexity index is 826. The molecular weight excluding hydrogens is 394 g/mol. The molecule has 0 fully saturated rings. The molecule has 7 nitrogen and oxygen atoms in total. The number of rotatable bonds is 6. The highest BCUT2D eigenvalue weighted by Gasteiger charge is 2.20. The first-order valence-electron chi connectivity index (χ1n) is 7.10. The Hall–Kier alpha value is -2.00. The molecule has 0 atom stereocenters. The monoisotopic (exact) mass is 409 g/mol. The van der Waals surface area contributed by atoms with Gasteiger partial charge in [0.05, 0.1) is 25.4 Å². The van der Waals surface area contributed by atoms with Crippen molar-refractivity contribution in [3.63, 3.8) is 0 Å². The lowest BCUT2D eigenvalue weighted by Crippen LogP contribution is -2.08. The van der Waals surface area contributed by atoms with E-state index in [-0.39, 0.29) is 0 Å². The number of benzene rings is 1. The minimum absolute atomic E-state index is 0.368. The Balaban J connectivity index is 2.00. The predicted molar refractivity (Wildman–Crippen MR) is 96.3 cm³/mol. The lowest BCUT2D eigenvalue weighted by atomic mass is 10.3. The zero-order valence-electron chi connectivity index (χ0n) is 13.2. The van der Waals surface area contributed by atoms with E-state index in [0.29, 0.717) is 22.5 Å². The molecule has 0 amide bonds. The molecule has 0 saturated carbocycles. The van der Waals surface area contributed by atoms with E-state index in [2.05, 4.69) is 30.9 Å². The first-order valence-corrected chi connectivity index (χ1v) is 9.04. The van der Waals surface area contributed by atoms with Crippen LogP contribution in [-0.4, -0.2) is 39.1 Å². The van der Waals surface area contributed by atoms with E-state index in [9.17, 15) is 0 Å². The maximum Gasteiger partial charge on any atom is 0.195 e. The summed E-state index contributed by atoms with van der Waals surface area (Å²) in [5, 5.41) is 1.37. The van der Waals surface area contributed by atoms with Crippen LogP contribution in [0.3, 0.4) is 0 Å². The van der Waals surface area contributed by atoms with E-state index < -0.39 is 0 Å². The van der Waals surface area contributed by atoms with E-state index in [1.165, 1.54) is 11.8 Å². The molecule has 2 aliphatic heterocycles. The Morgan fingerprint density at radius 1 is 1.25 bits per heavy atom. The van der Waals surface area contributed by atoms with Crippen molar-refractivity contribution in [1.82, 2.24) is 19.5 Å². The van der Waals surface area contributed by atoms with Crippen molar-refractivity contribution in [1.29, 1.82) is 0 Å². The molecule has 0 saturated heterocycles. The molecule has 0 aliphatic carbocycles. The van der Waals surface area contributed by atoms with E-state index in [0.717, 1.165) is 28.3 Å². The summed E-state index contributed by atoms with van der Waals surface area (Å²) in [6.45, 7) is 0.731. The summed E-state index contributed by atoms with van der Waals surface area (Å²) >= 11 is 4.82. The topological polar surface area (TPSA) is 88.1 Å². The van der Waals surface area contributed by atoms with E-state index in [1.54, 1.807) is 20.5 Å². The molecule has 2 N–H and O–H groups in total. The van der Waals surface area contributed by atoms with Crippen LogP contribution in [0, 0.1) is 0 Å². The second-order valence-corrected chi connectivity index (χ2v) is 6.61. The molecule has 0 aromatic heterocycles. The van der Waals surface area contributed by atoms with Gasteiger partial charge in [0.25, 0.3) is 0 Å². The Labute approximate surface area is 152 Å². The number of ether oxygens (including phenoxy) is 2. The smallest absolute Gasteiger partial charge is 0.195 e. The lowest BCUT2D eigenvalue weighted by Gasteiger charge is -2.08. The fourth-order valence-corrected chi connectivity index (χ4v) is 3.47. The third kappa shape index (κ3) is 3.27. The molecule has 3 rings (SSSR count). The Kier molecular flexibility index (Phi) is 5.10. The van der Waals surface area contributed by atoms with Crippen LogP contribution < -0.4 is 15.2 Å². The molecular formula is C15H16BrN5O2S. The molecule has 9 heteroatoms. The number of nitrogens with two attached hydrogens (primary N) is 1. The average Bonchev–Trinajstić information content (AvgIpc) is 3.02. The zero-order valence-corrected chi connectivity index (χ0v) is 15.6. The Morgan fingerprint density at radius 2 is 2.08 bits per heavy atom. The normalized spacial score (nSPS) is 11.0. The number of nitrogen functional groups attached to an aromatic ring is 1. The van der Waals surface area contributed by atoms with Crippen LogP contribution in [0.2, 0.25) is 0 Å². The van der Waals surface area contributed by atoms with Crippen LogP contribution in [0.25, 0.3) is 11.5 Å². The number of nitrogens with zero attached hydrogens (tertiary/aromatic N) is 4. The van der Waals surface area contributed by atoms with Crippen LogP contribution in [0.4, 0.5) is 5.82 Å². The van der Waals surface area contributed by atoms with Gasteiger partial charge in [-0.25, -0.2) is 15.0 Å². The molecule has 0 unspecified atom stereocenters. The standard InChI is InChI=1S/C15H16BrN5O2S/c1-22-9-3-4-10(23-2)11(7-9)24-15-19-12-13(17)18-8-21(6-5-16)14(12)20-15/h3-4,7-8H,5-6,17H2,1-2H3. The summed E-state index contributed by atoms with van der Waals surface area (Å²) in [5.41, 5.74) is 6.54. The number of hydrogen-bond donors (Lipinski definition) is 1. The van der Waals surface area contributed by atoms with Gasteiger partial charge in [-0.1, -0.05) is 15.9 Å². The fraction of sp³-hybridized carbons (Fsp3) is 0.267. The summed E-state index contributed by atoms with van der Waals surface area (Å²) < 4.78 is 12.6. The minimum Gasteiger partial charge on any atom is -0.497 e. The number of imidazole rings is 1. The van der Waals surface area contributed by atoms with Gasteiger partial charge in [0.15, 0.2) is 22.5 Å². The number of anilines is 1. The summed E-state index contributed by atoms with van der Waals surface area (Å²) in [7, 11) is 3.25. The van der Waals surface area contributed by atoms with Gasteiger partial charge in [0.1, 0.15) is 11.5 Å². The van der Waals surface area contributed by atoms with Crippen LogP contribution in [0.15, 0.2) is 34.6 Å². The van der Waals surface area contributed by atoms with Gasteiger partial charge in [0, 0.05) is 11.9 Å². The van der Waals surface area contributed by atoms with Gasteiger partial charge in [-0.05, 0) is 30.0 Å². The maximum atomic E-state index is 5.94. The number of halogens is 1. The van der Waals surface area contributed by atoms with Crippen LogP contribution in [0.5, 0.6) is 11.5 Å². The van der Waals surface area contributed by atoms with E-state index >= 15 is 0 Å². The van der Waals surface area contributed by atoms with Crippen molar-refractivity contribution < 1.29 is 9.47 Å². The fourth-order valence-electron chi connectivity index (χ4n) is 2.20. The molecule has 24 heavy (non-hydrogen) atoms. The van der Waals surface area contributed by atoms with E-state index in [1.807, 2.05) is 22.8 Å². The summed E-state index contributed by atoms with van der Waals surface area (Å²) in [6.07, 6.45) is 1.67. The second kappa shape index (κ2) is 7.27. The number of aromatic nitrogens is 4. The van der Waals surface area contributed by atoms with Crippen molar-refractivity contribution in [3.05, 3.63) is 24.5 Å². The van der Waals surface area contributed by atoms with Crippen molar-refractivity contribution in [2.24, 2.45) is 0 Å². The predicted octanol–water partition coefficient (Wildman–Crippen LogP) is 2.92. The molecule has 0 radical (unpaired) electrons. The summed E-state index contributed by atoms with van der Waals surface area (Å²) in [5.74, 6) is 2.55. The molecule has 1 aromatic rings. The Morgan fingerprint density at radius 3 is 2.79 bits per heavy atom. The van der Waals surface area contributed by atoms with Gasteiger partial charge < -0.3 is 19.8 Å². The number of aryl methyl sites for hydroxylation is 1. The number of fused-ring (bicyclic) bond motifs is 1. The molecule has 1 aromatic carbocycles. The van der Waals surface area contributed by atoms with Crippen LogP contribution in [-0.2, 0) is 6.54 Å².